The monoisotopic (exact) mass is 570 g/mol. The van der Waals surface area contributed by atoms with Gasteiger partial charge in [0.15, 0.2) is 22.5 Å². The summed E-state index contributed by atoms with van der Waals surface area (Å²) >= 11 is 7.42. The largest absolute Gasteiger partial charge is 0.478 e. The Bertz CT molecular complexity index is 1370. The van der Waals surface area contributed by atoms with Crippen LogP contribution in [0.3, 0.4) is 0 Å². The summed E-state index contributed by atoms with van der Waals surface area (Å²) in [7, 11) is -3.41. The van der Waals surface area contributed by atoms with E-state index in [1.165, 1.54) is 17.4 Å². The van der Waals surface area contributed by atoms with Crippen molar-refractivity contribution in [2.45, 2.75) is 49.8 Å². The molecule has 0 bridgehead atoms. The fourth-order valence-corrected chi connectivity index (χ4v) is 8.25. The van der Waals surface area contributed by atoms with Gasteiger partial charge in [-0.15, -0.1) is 11.3 Å². The van der Waals surface area contributed by atoms with Crippen molar-refractivity contribution < 1.29 is 27.1 Å². The van der Waals surface area contributed by atoms with E-state index in [2.05, 4.69) is 15.3 Å². The van der Waals surface area contributed by atoms with E-state index in [0.29, 0.717) is 55.3 Å². The van der Waals surface area contributed by atoms with E-state index < -0.39 is 43.9 Å². The van der Waals surface area contributed by atoms with Gasteiger partial charge in [0.2, 0.25) is 10.0 Å². The number of rotatable bonds is 6. The van der Waals surface area contributed by atoms with Gasteiger partial charge in [-0.1, -0.05) is 17.7 Å². The number of nitrogens with zero attached hydrogens (tertiary/aromatic N) is 3. The number of carboxylic acids is 1. The third-order valence-electron chi connectivity index (χ3n) is 7.23. The van der Waals surface area contributed by atoms with E-state index in [1.807, 2.05) is 0 Å². The Morgan fingerprint density at radius 3 is 2.49 bits per heavy atom. The lowest BCUT2D eigenvalue weighted by molar-refractivity contribution is -0.133. The second-order valence-electron chi connectivity index (χ2n) is 9.36. The van der Waals surface area contributed by atoms with Gasteiger partial charge in [-0.05, 0) is 50.5 Å². The fourth-order valence-electron chi connectivity index (χ4n) is 5.35. The lowest BCUT2D eigenvalue weighted by atomic mass is 9.82. The van der Waals surface area contributed by atoms with Gasteiger partial charge in [0.05, 0.1) is 15.8 Å². The standard InChI is InChI=1S/C24H25ClF2N4O4S2/c25-18-15(7-8-16(26)19(18)27)21-17(24(32)33)20(29-22(30-21)23-28-9-12-36-23)13-3-5-14(6-4-13)37(34,35)31-10-1-2-11-31/h7-9,12-14,21H,1-6,10-11H2,(H,29,30)(H,32,33). The number of amidine groups is 1. The first-order valence-corrected chi connectivity index (χ1v) is 14.8. The van der Waals surface area contributed by atoms with Gasteiger partial charge >= 0.3 is 5.97 Å². The predicted molar refractivity (Wildman–Crippen MR) is 136 cm³/mol. The van der Waals surface area contributed by atoms with E-state index in [-0.39, 0.29) is 17.1 Å². The Kier molecular flexibility index (Phi) is 7.36. The van der Waals surface area contributed by atoms with Crippen LogP contribution in [0.15, 0.2) is 40.0 Å². The maximum atomic E-state index is 14.4. The van der Waals surface area contributed by atoms with Crippen molar-refractivity contribution in [2.75, 3.05) is 13.1 Å². The zero-order valence-electron chi connectivity index (χ0n) is 19.7. The van der Waals surface area contributed by atoms with Crippen molar-refractivity contribution in [2.24, 2.45) is 10.9 Å². The molecule has 1 aromatic heterocycles. The van der Waals surface area contributed by atoms with Crippen molar-refractivity contribution in [1.82, 2.24) is 14.6 Å². The molecule has 0 amide bonds. The summed E-state index contributed by atoms with van der Waals surface area (Å²) in [6.45, 7) is 1.09. The number of hydrogen-bond acceptors (Lipinski definition) is 7. The highest BCUT2D eigenvalue weighted by molar-refractivity contribution is 7.89. The summed E-state index contributed by atoms with van der Waals surface area (Å²) in [6.07, 6.45) is 4.97. The molecule has 37 heavy (non-hydrogen) atoms. The summed E-state index contributed by atoms with van der Waals surface area (Å²) in [5.41, 5.74) is 0.269. The van der Waals surface area contributed by atoms with Crippen LogP contribution in [0, 0.1) is 17.6 Å². The van der Waals surface area contributed by atoms with Crippen molar-refractivity contribution in [3.8, 4) is 0 Å². The molecule has 2 aromatic rings. The third-order valence-corrected chi connectivity index (χ3v) is 10.8. The lowest BCUT2D eigenvalue weighted by Gasteiger charge is -2.35. The van der Waals surface area contributed by atoms with Crippen LogP contribution < -0.4 is 5.32 Å². The SMILES string of the molecule is O=C(O)C1=C(C2CCC(S(=O)(=O)N3CCCC3)CC2)NC(c2nccs2)=NC1c1ccc(F)c(F)c1Cl. The van der Waals surface area contributed by atoms with Crippen molar-refractivity contribution in [3.05, 3.63) is 62.2 Å². The maximum absolute atomic E-state index is 14.4. The molecule has 198 valence electrons. The first-order chi connectivity index (χ1) is 17.7. The number of aromatic nitrogens is 1. The number of nitrogens with one attached hydrogen (secondary N) is 1. The zero-order chi connectivity index (χ0) is 26.3. The Morgan fingerprint density at radius 2 is 1.86 bits per heavy atom. The number of carbonyl (C=O) groups is 1. The summed E-state index contributed by atoms with van der Waals surface area (Å²) < 4.78 is 55.9. The van der Waals surface area contributed by atoms with Crippen LogP contribution in [-0.2, 0) is 14.8 Å². The minimum atomic E-state index is -3.41. The van der Waals surface area contributed by atoms with Crippen molar-refractivity contribution in [3.63, 3.8) is 0 Å². The van der Waals surface area contributed by atoms with E-state index in [0.717, 1.165) is 18.9 Å². The first kappa shape index (κ1) is 26.2. The van der Waals surface area contributed by atoms with E-state index in [1.54, 1.807) is 15.9 Å². The highest BCUT2D eigenvalue weighted by Gasteiger charge is 2.41. The molecule has 0 spiro atoms. The number of hydrogen-bond donors (Lipinski definition) is 2. The minimum absolute atomic E-state index is 0.0244. The van der Waals surface area contributed by atoms with Gasteiger partial charge in [0.25, 0.3) is 0 Å². The Hall–Kier alpha value is -2.41. The second-order valence-corrected chi connectivity index (χ2v) is 12.8. The van der Waals surface area contributed by atoms with Gasteiger partial charge < -0.3 is 10.4 Å². The first-order valence-electron chi connectivity index (χ1n) is 12.0. The molecule has 1 atom stereocenters. The minimum Gasteiger partial charge on any atom is -0.478 e. The van der Waals surface area contributed by atoms with Gasteiger partial charge in [-0.25, -0.2) is 31.3 Å². The predicted octanol–water partition coefficient (Wildman–Crippen LogP) is 4.49. The van der Waals surface area contributed by atoms with Crippen molar-refractivity contribution in [1.29, 1.82) is 0 Å². The molecule has 1 saturated heterocycles. The van der Waals surface area contributed by atoms with E-state index in [4.69, 9.17) is 11.6 Å². The molecular weight excluding hydrogens is 546 g/mol. The van der Waals surface area contributed by atoms with Crippen LogP contribution in [0.1, 0.15) is 55.1 Å². The molecule has 1 saturated carbocycles. The quantitative estimate of drug-likeness (QED) is 0.495. The van der Waals surface area contributed by atoms with Crippen LogP contribution in [0.4, 0.5) is 8.78 Å². The molecule has 2 aliphatic heterocycles. The van der Waals surface area contributed by atoms with Gasteiger partial charge in [0.1, 0.15) is 6.04 Å². The average Bonchev–Trinajstić information content (AvgIpc) is 3.62. The summed E-state index contributed by atoms with van der Waals surface area (Å²) in [5, 5.41) is 14.6. The number of halogens is 3. The molecule has 0 radical (unpaired) electrons. The number of aliphatic carboxylic acids is 1. The second kappa shape index (κ2) is 10.4. The van der Waals surface area contributed by atoms with Crippen LogP contribution in [0.5, 0.6) is 0 Å². The lowest BCUT2D eigenvalue weighted by Crippen LogP contribution is -2.41. The van der Waals surface area contributed by atoms with Crippen LogP contribution in [0.2, 0.25) is 5.02 Å². The third kappa shape index (κ3) is 4.91. The summed E-state index contributed by atoms with van der Waals surface area (Å²) in [5.74, 6) is -3.70. The van der Waals surface area contributed by atoms with Gasteiger partial charge in [-0.2, -0.15) is 0 Å². The number of carboxylic acid groups (broad SMARTS) is 1. The Morgan fingerprint density at radius 1 is 1.16 bits per heavy atom. The van der Waals surface area contributed by atoms with Gasteiger partial charge in [-0.3, -0.25) is 4.99 Å². The Labute approximate surface area is 222 Å². The molecule has 8 nitrogen and oxygen atoms in total. The van der Waals surface area contributed by atoms with Crippen molar-refractivity contribution >= 4 is 44.8 Å². The Balaban J connectivity index is 1.51. The molecule has 3 aliphatic rings. The molecule has 2 fully saturated rings. The molecule has 5 rings (SSSR count). The fraction of sp³-hybridized carbons (Fsp3) is 0.458. The number of allylic oxidation sites excluding steroid dienone is 1. The molecule has 1 aromatic carbocycles. The van der Waals surface area contributed by atoms with Gasteiger partial charge in [0, 0.05) is 35.9 Å². The smallest absolute Gasteiger partial charge is 0.335 e. The summed E-state index contributed by atoms with van der Waals surface area (Å²) in [4.78, 5) is 21.3. The zero-order valence-corrected chi connectivity index (χ0v) is 22.1. The molecular formula is C24H25ClF2N4O4S2. The van der Waals surface area contributed by atoms with E-state index >= 15 is 0 Å². The molecule has 2 N–H and O–H groups in total. The summed E-state index contributed by atoms with van der Waals surface area (Å²) in [6, 6.07) is 0.922. The normalized spacial score (nSPS) is 25.2. The number of sulfonamides is 1. The van der Waals surface area contributed by atoms with Crippen LogP contribution >= 0.6 is 22.9 Å². The average molecular weight is 571 g/mol. The topological polar surface area (TPSA) is 112 Å². The molecule has 1 unspecified atom stereocenters. The van der Waals surface area contributed by atoms with E-state index in [9.17, 15) is 27.1 Å². The molecule has 13 heteroatoms. The van der Waals surface area contributed by atoms with Crippen LogP contribution in [-0.4, -0.2) is 53.0 Å². The molecule has 3 heterocycles. The number of benzene rings is 1. The maximum Gasteiger partial charge on any atom is 0.335 e. The highest BCUT2D eigenvalue weighted by Crippen LogP contribution is 2.42. The van der Waals surface area contributed by atoms with Crippen LogP contribution in [0.25, 0.3) is 0 Å². The molecule has 1 aliphatic carbocycles. The number of aliphatic imine (C=N–C) groups is 1. The highest BCUT2D eigenvalue weighted by atomic mass is 35.5. The number of thiazole rings is 1.